The molecule has 94 valence electrons. The Morgan fingerprint density at radius 3 is 1.59 bits per heavy atom. The van der Waals surface area contributed by atoms with E-state index >= 15 is 0 Å². The fraction of sp³-hybridized carbons (Fsp3) is 0.300. The Kier molecular flexibility index (Phi) is 3.69. The van der Waals surface area contributed by atoms with Crippen LogP contribution in [-0.4, -0.2) is 12.5 Å². The first-order valence-electron chi connectivity index (χ1n) is 4.62. The molecular weight excluding hydrogens is 245 g/mol. The van der Waals surface area contributed by atoms with Crippen LogP contribution in [0.4, 0.5) is 27.6 Å². The maximum absolute atomic E-state index is 13.3. The summed E-state index contributed by atoms with van der Waals surface area (Å²) in [6.07, 6.45) is 0. The predicted octanol–water partition coefficient (Wildman–Crippen LogP) is 2.75. The van der Waals surface area contributed by atoms with Crippen LogP contribution in [0.3, 0.4) is 0 Å². The van der Waals surface area contributed by atoms with Gasteiger partial charge in [0.25, 0.3) is 0 Å². The van der Waals surface area contributed by atoms with Gasteiger partial charge in [0, 0.05) is 13.5 Å². The third-order valence-corrected chi connectivity index (χ3v) is 2.15. The molecule has 0 fully saturated rings. The SMILES string of the molecule is CCN(C(C)=O)c1c(F)c(F)c(F)c(F)c1F. The number of nitrogens with zero attached hydrogens (tertiary/aromatic N) is 1. The number of rotatable bonds is 2. The molecule has 0 aliphatic rings. The van der Waals surface area contributed by atoms with E-state index in [2.05, 4.69) is 0 Å². The summed E-state index contributed by atoms with van der Waals surface area (Å²) in [6, 6.07) is 0. The second kappa shape index (κ2) is 4.68. The Hall–Kier alpha value is -1.66. The highest BCUT2D eigenvalue weighted by Gasteiger charge is 2.29. The zero-order chi connectivity index (χ0) is 13.3. The first kappa shape index (κ1) is 13.4. The molecule has 1 rings (SSSR count). The summed E-state index contributed by atoms with van der Waals surface area (Å²) in [4.78, 5) is 11.5. The van der Waals surface area contributed by atoms with Crippen LogP contribution in [0.5, 0.6) is 0 Å². The lowest BCUT2D eigenvalue weighted by molar-refractivity contribution is -0.116. The van der Waals surface area contributed by atoms with Crippen molar-refractivity contribution in [3.63, 3.8) is 0 Å². The Morgan fingerprint density at radius 2 is 1.29 bits per heavy atom. The summed E-state index contributed by atoms with van der Waals surface area (Å²) in [5.41, 5.74) is -1.23. The van der Waals surface area contributed by atoms with Crippen LogP contribution in [0.1, 0.15) is 13.8 Å². The minimum atomic E-state index is -2.25. The maximum Gasteiger partial charge on any atom is 0.224 e. The first-order valence-corrected chi connectivity index (χ1v) is 4.62. The molecule has 0 saturated heterocycles. The van der Waals surface area contributed by atoms with Crippen molar-refractivity contribution in [2.75, 3.05) is 11.4 Å². The summed E-state index contributed by atoms with van der Waals surface area (Å²) in [5, 5.41) is 0. The Balaban J connectivity index is 3.58. The number of hydrogen-bond donors (Lipinski definition) is 0. The molecule has 1 amide bonds. The largest absolute Gasteiger partial charge is 0.308 e. The van der Waals surface area contributed by atoms with Gasteiger partial charge in [0.1, 0.15) is 5.69 Å². The summed E-state index contributed by atoms with van der Waals surface area (Å²) >= 11 is 0. The van der Waals surface area contributed by atoms with E-state index in [1.807, 2.05) is 0 Å². The summed E-state index contributed by atoms with van der Waals surface area (Å²) in [5.74, 6) is -11.2. The summed E-state index contributed by atoms with van der Waals surface area (Å²) in [7, 11) is 0. The Bertz CT molecular complexity index is 445. The minimum absolute atomic E-state index is 0.215. The normalized spacial score (nSPS) is 10.5. The van der Waals surface area contributed by atoms with Crippen molar-refractivity contribution in [1.29, 1.82) is 0 Å². The van der Waals surface area contributed by atoms with Crippen LogP contribution >= 0.6 is 0 Å². The first-order chi connectivity index (χ1) is 7.82. The van der Waals surface area contributed by atoms with Crippen molar-refractivity contribution >= 4 is 11.6 Å². The molecule has 0 aromatic heterocycles. The molecule has 0 atom stereocenters. The number of carbonyl (C=O) groups excluding carboxylic acids is 1. The number of halogens is 5. The standard InChI is InChI=1S/C10H8F5NO/c1-3-16(4(2)17)10-8(14)6(12)5(11)7(13)9(10)15/h3H2,1-2H3. The van der Waals surface area contributed by atoms with Crippen LogP contribution < -0.4 is 4.90 Å². The predicted molar refractivity (Wildman–Crippen MR) is 49.9 cm³/mol. The zero-order valence-electron chi connectivity index (χ0n) is 8.95. The molecule has 0 spiro atoms. The molecule has 0 heterocycles. The van der Waals surface area contributed by atoms with Crippen LogP contribution in [0.2, 0.25) is 0 Å². The molecule has 2 nitrogen and oxygen atoms in total. The van der Waals surface area contributed by atoms with Gasteiger partial charge in [0.15, 0.2) is 23.3 Å². The van der Waals surface area contributed by atoms with Crippen molar-refractivity contribution in [2.24, 2.45) is 0 Å². The van der Waals surface area contributed by atoms with E-state index in [-0.39, 0.29) is 6.54 Å². The molecule has 0 unspecified atom stereocenters. The number of carbonyl (C=O) groups is 1. The van der Waals surface area contributed by atoms with Crippen molar-refractivity contribution < 1.29 is 26.7 Å². The lowest BCUT2D eigenvalue weighted by atomic mass is 10.2. The van der Waals surface area contributed by atoms with E-state index in [9.17, 15) is 26.7 Å². The Morgan fingerprint density at radius 1 is 0.941 bits per heavy atom. The van der Waals surface area contributed by atoms with Gasteiger partial charge in [0.2, 0.25) is 11.7 Å². The molecular formula is C10H8F5NO. The van der Waals surface area contributed by atoms with Crippen LogP contribution in [0, 0.1) is 29.1 Å². The average Bonchev–Trinajstić information content (AvgIpc) is 2.29. The van der Waals surface area contributed by atoms with Crippen LogP contribution in [0.25, 0.3) is 0 Å². The van der Waals surface area contributed by atoms with Gasteiger partial charge in [-0.05, 0) is 6.92 Å². The third kappa shape index (κ3) is 2.09. The lowest BCUT2D eigenvalue weighted by Gasteiger charge is -2.20. The molecule has 1 aromatic carbocycles. The highest BCUT2D eigenvalue weighted by Crippen LogP contribution is 2.30. The molecule has 0 bridgehead atoms. The van der Waals surface area contributed by atoms with Crippen LogP contribution in [-0.2, 0) is 4.79 Å². The second-order valence-corrected chi connectivity index (χ2v) is 3.18. The fourth-order valence-electron chi connectivity index (χ4n) is 1.37. The van der Waals surface area contributed by atoms with E-state index in [4.69, 9.17) is 0 Å². The van der Waals surface area contributed by atoms with E-state index in [1.54, 1.807) is 0 Å². The monoisotopic (exact) mass is 253 g/mol. The van der Waals surface area contributed by atoms with Gasteiger partial charge in [-0.15, -0.1) is 0 Å². The van der Waals surface area contributed by atoms with Gasteiger partial charge in [-0.2, -0.15) is 0 Å². The second-order valence-electron chi connectivity index (χ2n) is 3.18. The molecule has 7 heteroatoms. The van der Waals surface area contributed by atoms with Gasteiger partial charge in [-0.25, -0.2) is 22.0 Å². The van der Waals surface area contributed by atoms with Crippen LogP contribution in [0.15, 0.2) is 0 Å². The molecule has 0 saturated carbocycles. The number of hydrogen-bond acceptors (Lipinski definition) is 1. The molecule has 0 N–H and O–H groups in total. The van der Waals surface area contributed by atoms with E-state index in [0.29, 0.717) is 4.90 Å². The van der Waals surface area contributed by atoms with Gasteiger partial charge in [0.05, 0.1) is 0 Å². The number of anilines is 1. The van der Waals surface area contributed by atoms with Crippen molar-refractivity contribution in [3.05, 3.63) is 29.1 Å². The van der Waals surface area contributed by atoms with E-state index < -0.39 is 40.7 Å². The van der Waals surface area contributed by atoms with Crippen molar-refractivity contribution in [2.45, 2.75) is 13.8 Å². The maximum atomic E-state index is 13.3. The van der Waals surface area contributed by atoms with E-state index in [0.717, 1.165) is 6.92 Å². The highest BCUT2D eigenvalue weighted by atomic mass is 19.2. The zero-order valence-corrected chi connectivity index (χ0v) is 8.95. The minimum Gasteiger partial charge on any atom is -0.308 e. The van der Waals surface area contributed by atoms with Gasteiger partial charge in [-0.3, -0.25) is 4.79 Å². The topological polar surface area (TPSA) is 20.3 Å². The van der Waals surface area contributed by atoms with Gasteiger partial charge >= 0.3 is 0 Å². The smallest absolute Gasteiger partial charge is 0.224 e. The van der Waals surface area contributed by atoms with Gasteiger partial charge in [-0.1, -0.05) is 0 Å². The molecule has 0 radical (unpaired) electrons. The summed E-state index contributed by atoms with van der Waals surface area (Å²) < 4.78 is 65.0. The van der Waals surface area contributed by atoms with Crippen molar-refractivity contribution in [1.82, 2.24) is 0 Å². The molecule has 17 heavy (non-hydrogen) atoms. The van der Waals surface area contributed by atoms with E-state index in [1.165, 1.54) is 6.92 Å². The molecule has 1 aromatic rings. The number of benzene rings is 1. The highest BCUT2D eigenvalue weighted by molar-refractivity contribution is 5.91. The summed E-state index contributed by atoms with van der Waals surface area (Å²) in [6.45, 7) is 2.09. The molecule has 0 aliphatic heterocycles. The van der Waals surface area contributed by atoms with Gasteiger partial charge < -0.3 is 4.90 Å². The third-order valence-electron chi connectivity index (χ3n) is 2.15. The van der Waals surface area contributed by atoms with Crippen molar-refractivity contribution in [3.8, 4) is 0 Å². The molecule has 0 aliphatic carbocycles. The average molecular weight is 253 g/mol. The Labute approximate surface area is 93.6 Å². The lowest BCUT2D eigenvalue weighted by Crippen LogP contribution is -2.30. The fourth-order valence-corrected chi connectivity index (χ4v) is 1.37. The quantitative estimate of drug-likeness (QED) is 0.451. The number of amides is 1.